The predicted molar refractivity (Wildman–Crippen MR) is 168 cm³/mol. The van der Waals surface area contributed by atoms with Crippen molar-refractivity contribution in [3.8, 4) is 0 Å². The van der Waals surface area contributed by atoms with Crippen molar-refractivity contribution in [2.45, 2.75) is 117 Å². The van der Waals surface area contributed by atoms with Crippen molar-refractivity contribution in [3.05, 3.63) is 29.8 Å². The molecule has 0 amide bonds. The highest BCUT2D eigenvalue weighted by atomic mass is 16.8. The summed E-state index contributed by atoms with van der Waals surface area (Å²) in [4.78, 5) is 85.6. The molecule has 18 heteroatoms. The van der Waals surface area contributed by atoms with E-state index in [9.17, 15) is 33.6 Å². The van der Waals surface area contributed by atoms with Crippen molar-refractivity contribution in [2.75, 3.05) is 18.5 Å². The standard InChI is InChI=1S/C33H43NO17/c1-15-9-11-23(12-10-15)34-32-30(47-21(7)40)28(45-19(5)38)27(24(49-32)13-42-16(2)35)51-33-31(48-22(8)41)29(46-20(6)39)26(44-18(4)37)25(50-33)14-43-17(3)36/h9-12,24-34H,13-14H2,1-8H3/t24-,25?,26?,27-,28+,29?,30-,31?,32?,33?/m1/s1. The quantitative estimate of drug-likeness (QED) is 0.221. The molecule has 6 unspecified atom stereocenters. The molecule has 2 aliphatic rings. The van der Waals surface area contributed by atoms with Crippen LogP contribution in [0.1, 0.15) is 54.0 Å². The molecule has 0 bridgehead atoms. The zero-order chi connectivity index (χ0) is 38.0. The maximum absolute atomic E-state index is 12.6. The fourth-order valence-corrected chi connectivity index (χ4v) is 5.44. The number of ether oxygens (including phenoxy) is 10. The average Bonchev–Trinajstić information content (AvgIpc) is 3.00. The molecule has 51 heavy (non-hydrogen) atoms. The average molecular weight is 726 g/mol. The number of carbonyl (C=O) groups excluding carboxylic acids is 7. The Bertz CT molecular complexity index is 1430. The minimum absolute atomic E-state index is 0.498. The van der Waals surface area contributed by atoms with Gasteiger partial charge >= 0.3 is 41.8 Å². The van der Waals surface area contributed by atoms with Crippen molar-refractivity contribution in [1.29, 1.82) is 0 Å². The summed E-state index contributed by atoms with van der Waals surface area (Å²) in [6.45, 7) is 8.45. The molecule has 2 heterocycles. The molecular formula is C33H43NO17. The number of benzene rings is 1. The van der Waals surface area contributed by atoms with Crippen molar-refractivity contribution >= 4 is 47.5 Å². The second kappa shape index (κ2) is 18.4. The summed E-state index contributed by atoms with van der Waals surface area (Å²) in [6.07, 6.45) is -14.9. The van der Waals surface area contributed by atoms with E-state index in [-0.39, 0.29) is 0 Å². The molecule has 1 aromatic rings. The Balaban J connectivity index is 2.16. The van der Waals surface area contributed by atoms with Crippen LogP contribution in [0.25, 0.3) is 0 Å². The highest BCUT2D eigenvalue weighted by Gasteiger charge is 2.57. The Hall–Kier alpha value is -4.81. The summed E-state index contributed by atoms with van der Waals surface area (Å²) in [7, 11) is 0. The summed E-state index contributed by atoms with van der Waals surface area (Å²) >= 11 is 0. The van der Waals surface area contributed by atoms with Gasteiger partial charge in [0.15, 0.2) is 43.0 Å². The summed E-state index contributed by atoms with van der Waals surface area (Å²) < 4.78 is 56.8. The summed E-state index contributed by atoms with van der Waals surface area (Å²) in [6, 6.07) is 7.07. The van der Waals surface area contributed by atoms with Crippen LogP contribution in [0.15, 0.2) is 24.3 Å². The molecule has 1 N–H and O–H groups in total. The zero-order valence-electron chi connectivity index (χ0n) is 29.4. The van der Waals surface area contributed by atoms with Gasteiger partial charge in [-0.15, -0.1) is 0 Å². The van der Waals surface area contributed by atoms with E-state index < -0.39 is 116 Å². The molecule has 0 radical (unpaired) electrons. The summed E-state index contributed by atoms with van der Waals surface area (Å²) in [5.41, 5.74) is 1.47. The van der Waals surface area contributed by atoms with Gasteiger partial charge in [0.1, 0.15) is 31.5 Å². The Labute approximate surface area is 293 Å². The van der Waals surface area contributed by atoms with Gasteiger partial charge in [0.2, 0.25) is 0 Å². The van der Waals surface area contributed by atoms with Gasteiger partial charge in [-0.25, -0.2) is 0 Å². The van der Waals surface area contributed by atoms with E-state index in [1.807, 2.05) is 19.1 Å². The van der Waals surface area contributed by atoms with E-state index in [1.165, 1.54) is 0 Å². The topological polar surface area (TPSA) is 224 Å². The Morgan fingerprint density at radius 2 is 0.941 bits per heavy atom. The highest BCUT2D eigenvalue weighted by molar-refractivity contribution is 5.69. The van der Waals surface area contributed by atoms with Crippen LogP contribution in [0, 0.1) is 6.92 Å². The van der Waals surface area contributed by atoms with Crippen LogP contribution in [0.2, 0.25) is 0 Å². The van der Waals surface area contributed by atoms with E-state index in [0.29, 0.717) is 5.69 Å². The molecule has 0 aromatic heterocycles. The number of nitrogens with one attached hydrogen (secondary N) is 1. The first-order valence-electron chi connectivity index (χ1n) is 15.9. The number of rotatable bonds is 13. The van der Waals surface area contributed by atoms with Gasteiger partial charge < -0.3 is 52.7 Å². The van der Waals surface area contributed by atoms with Crippen molar-refractivity contribution in [1.82, 2.24) is 0 Å². The lowest BCUT2D eigenvalue weighted by molar-refractivity contribution is -0.343. The second-order valence-corrected chi connectivity index (χ2v) is 11.7. The molecular weight excluding hydrogens is 682 g/mol. The smallest absolute Gasteiger partial charge is 0.303 e. The fourth-order valence-electron chi connectivity index (χ4n) is 5.44. The van der Waals surface area contributed by atoms with Gasteiger partial charge in [0.25, 0.3) is 0 Å². The third-order valence-electron chi connectivity index (χ3n) is 7.29. The lowest BCUT2D eigenvalue weighted by atomic mass is 9.95. The van der Waals surface area contributed by atoms with E-state index in [4.69, 9.17) is 47.4 Å². The van der Waals surface area contributed by atoms with E-state index in [0.717, 1.165) is 54.0 Å². The van der Waals surface area contributed by atoms with Crippen LogP contribution in [-0.2, 0) is 80.9 Å². The number of esters is 7. The Morgan fingerprint density at radius 1 is 0.529 bits per heavy atom. The number of carbonyl (C=O) groups is 7. The van der Waals surface area contributed by atoms with Gasteiger partial charge in [0.05, 0.1) is 0 Å². The maximum atomic E-state index is 12.6. The molecule has 2 aliphatic heterocycles. The molecule has 10 atom stereocenters. The third kappa shape index (κ3) is 12.2. The first-order valence-corrected chi connectivity index (χ1v) is 15.9. The van der Waals surface area contributed by atoms with Crippen LogP contribution in [0.5, 0.6) is 0 Å². The zero-order valence-corrected chi connectivity index (χ0v) is 29.4. The normalized spacial score (nSPS) is 28.6. The molecule has 0 saturated carbocycles. The van der Waals surface area contributed by atoms with E-state index >= 15 is 0 Å². The minimum Gasteiger partial charge on any atom is -0.463 e. The number of hydrogen-bond acceptors (Lipinski definition) is 18. The molecule has 0 aliphatic carbocycles. The number of anilines is 1. The maximum Gasteiger partial charge on any atom is 0.303 e. The lowest BCUT2D eigenvalue weighted by Crippen LogP contribution is -2.67. The van der Waals surface area contributed by atoms with Crippen LogP contribution >= 0.6 is 0 Å². The van der Waals surface area contributed by atoms with Gasteiger partial charge in [-0.05, 0) is 19.1 Å². The van der Waals surface area contributed by atoms with Gasteiger partial charge in [-0.2, -0.15) is 0 Å². The van der Waals surface area contributed by atoms with Crippen LogP contribution in [0.3, 0.4) is 0 Å². The van der Waals surface area contributed by atoms with Crippen LogP contribution in [-0.4, -0.2) is 116 Å². The van der Waals surface area contributed by atoms with Crippen LogP contribution < -0.4 is 5.32 Å². The third-order valence-corrected chi connectivity index (χ3v) is 7.29. The number of aryl methyl sites for hydroxylation is 1. The van der Waals surface area contributed by atoms with Gasteiger partial charge in [-0.3, -0.25) is 33.6 Å². The summed E-state index contributed by atoms with van der Waals surface area (Å²) in [5, 5.41) is 3.09. The highest BCUT2D eigenvalue weighted by Crippen LogP contribution is 2.35. The Kier molecular flexibility index (Phi) is 14.7. The number of hydrogen-bond donors (Lipinski definition) is 1. The van der Waals surface area contributed by atoms with Crippen molar-refractivity contribution in [2.24, 2.45) is 0 Å². The molecule has 2 saturated heterocycles. The molecule has 282 valence electrons. The molecule has 2 fully saturated rings. The first kappa shape index (κ1) is 40.6. The lowest BCUT2D eigenvalue weighted by Gasteiger charge is -2.49. The SMILES string of the molecule is CC(=O)OCC1OC(O[C@H]2[C@H](OC(C)=O)[C@@H](OC(C)=O)C(Nc3ccc(C)cc3)O[C@@H]2COC(C)=O)C(OC(C)=O)C(OC(C)=O)C1OC(C)=O. The largest absolute Gasteiger partial charge is 0.463 e. The van der Waals surface area contributed by atoms with Crippen LogP contribution in [0.4, 0.5) is 5.69 Å². The monoisotopic (exact) mass is 725 g/mol. The predicted octanol–water partition coefficient (Wildman–Crippen LogP) is 1.03. The second-order valence-electron chi connectivity index (χ2n) is 11.7. The molecule has 1 aromatic carbocycles. The van der Waals surface area contributed by atoms with Gasteiger partial charge in [0, 0.05) is 54.2 Å². The van der Waals surface area contributed by atoms with Crippen molar-refractivity contribution < 1.29 is 80.9 Å². The fraction of sp³-hybridized carbons (Fsp3) is 0.606. The molecule has 0 spiro atoms. The minimum atomic E-state index is -1.77. The molecule has 18 nitrogen and oxygen atoms in total. The molecule has 3 rings (SSSR count). The Morgan fingerprint density at radius 3 is 1.41 bits per heavy atom. The van der Waals surface area contributed by atoms with Crippen molar-refractivity contribution in [3.63, 3.8) is 0 Å². The summed E-state index contributed by atoms with van der Waals surface area (Å²) in [5.74, 6) is -5.70. The van der Waals surface area contributed by atoms with Gasteiger partial charge in [-0.1, -0.05) is 17.7 Å². The van der Waals surface area contributed by atoms with E-state index in [2.05, 4.69) is 5.32 Å². The van der Waals surface area contributed by atoms with E-state index in [1.54, 1.807) is 12.1 Å². The first-order chi connectivity index (χ1) is 23.9.